The van der Waals surface area contributed by atoms with Gasteiger partial charge in [-0.1, -0.05) is 61.0 Å². The van der Waals surface area contributed by atoms with Crippen LogP contribution in [0.1, 0.15) is 55.8 Å². The van der Waals surface area contributed by atoms with E-state index in [0.29, 0.717) is 25.0 Å². The van der Waals surface area contributed by atoms with Gasteiger partial charge < -0.3 is 14.8 Å². The normalized spacial score (nSPS) is 25.1. The van der Waals surface area contributed by atoms with Gasteiger partial charge in [0.25, 0.3) is 0 Å². The van der Waals surface area contributed by atoms with E-state index in [1.165, 1.54) is 22.4 Å². The van der Waals surface area contributed by atoms with Crippen LogP contribution in [0.2, 0.25) is 0 Å². The first-order chi connectivity index (χ1) is 13.4. The summed E-state index contributed by atoms with van der Waals surface area (Å²) in [6, 6.07) is 11.4. The van der Waals surface area contributed by atoms with Crippen LogP contribution in [0, 0.1) is 5.92 Å². The highest BCUT2D eigenvalue weighted by molar-refractivity contribution is 9.10. The Morgan fingerprint density at radius 1 is 1.00 bits per heavy atom. The van der Waals surface area contributed by atoms with Crippen LogP contribution in [0.25, 0.3) is 0 Å². The summed E-state index contributed by atoms with van der Waals surface area (Å²) in [5.41, 5.74) is 5.46. The molecule has 2 heterocycles. The summed E-state index contributed by atoms with van der Waals surface area (Å²) in [6.45, 7) is 8.06. The highest BCUT2D eigenvalue weighted by atomic mass is 79.9. The second kappa shape index (κ2) is 6.55. The number of hydrogen-bond donors (Lipinski definition) is 1. The van der Waals surface area contributed by atoms with Crippen LogP contribution in [0.4, 0.5) is 5.69 Å². The number of benzene rings is 2. The van der Waals surface area contributed by atoms with Crippen LogP contribution in [0.5, 0.6) is 11.5 Å². The van der Waals surface area contributed by atoms with Crippen molar-refractivity contribution < 1.29 is 9.47 Å². The number of halogens is 1. The molecular formula is C24H26BrNO2. The van der Waals surface area contributed by atoms with Crippen LogP contribution in [0.3, 0.4) is 0 Å². The Bertz CT molecular complexity index is 960. The summed E-state index contributed by atoms with van der Waals surface area (Å²) in [4.78, 5) is 0. The molecule has 3 nitrogen and oxygen atoms in total. The lowest BCUT2D eigenvalue weighted by atomic mass is 9.75. The molecule has 0 spiro atoms. The Morgan fingerprint density at radius 2 is 1.75 bits per heavy atom. The molecule has 5 rings (SSSR count). The molecule has 0 bridgehead atoms. The molecule has 3 atom stereocenters. The van der Waals surface area contributed by atoms with Crippen LogP contribution < -0.4 is 14.8 Å². The smallest absolute Gasteiger partial charge is 0.162 e. The van der Waals surface area contributed by atoms with E-state index in [2.05, 4.69) is 84.5 Å². The molecule has 0 radical (unpaired) electrons. The minimum Gasteiger partial charge on any atom is -0.486 e. The maximum Gasteiger partial charge on any atom is 0.162 e. The third-order valence-electron chi connectivity index (χ3n) is 6.23. The number of fused-ring (bicyclic) bond motifs is 4. The SMILES string of the molecule is CC(C)(C)c1ccc2c(c1)C1C=CCC1C(c1cc3c(cc1Br)OCCO3)N2. The monoisotopic (exact) mass is 439 g/mol. The number of allylic oxidation sites excluding steroid dienone is 2. The van der Waals surface area contributed by atoms with Gasteiger partial charge in [-0.25, -0.2) is 0 Å². The predicted molar refractivity (Wildman–Crippen MR) is 117 cm³/mol. The van der Waals surface area contributed by atoms with E-state index in [1.807, 2.05) is 0 Å². The highest BCUT2D eigenvalue weighted by Crippen LogP contribution is 2.52. The van der Waals surface area contributed by atoms with Gasteiger partial charge in [0.05, 0.1) is 6.04 Å². The van der Waals surface area contributed by atoms with Gasteiger partial charge in [-0.2, -0.15) is 0 Å². The van der Waals surface area contributed by atoms with Gasteiger partial charge in [-0.3, -0.25) is 0 Å². The Balaban J connectivity index is 1.57. The number of anilines is 1. The molecule has 4 heteroatoms. The number of hydrogen-bond acceptors (Lipinski definition) is 3. The molecule has 2 aromatic rings. The van der Waals surface area contributed by atoms with E-state index in [0.717, 1.165) is 22.4 Å². The molecule has 2 aliphatic heterocycles. The molecular weight excluding hydrogens is 414 g/mol. The Morgan fingerprint density at radius 3 is 2.50 bits per heavy atom. The van der Waals surface area contributed by atoms with Crippen molar-refractivity contribution in [3.05, 3.63) is 63.6 Å². The van der Waals surface area contributed by atoms with E-state index in [-0.39, 0.29) is 11.5 Å². The van der Waals surface area contributed by atoms with Crippen molar-refractivity contribution in [1.29, 1.82) is 0 Å². The van der Waals surface area contributed by atoms with Gasteiger partial charge in [-0.05, 0) is 52.6 Å². The molecule has 3 aliphatic rings. The average Bonchev–Trinajstić information content (AvgIpc) is 3.16. The second-order valence-electron chi connectivity index (χ2n) is 9.04. The van der Waals surface area contributed by atoms with Gasteiger partial charge in [0.15, 0.2) is 11.5 Å². The zero-order valence-corrected chi connectivity index (χ0v) is 18.2. The van der Waals surface area contributed by atoms with Gasteiger partial charge in [0, 0.05) is 16.1 Å². The van der Waals surface area contributed by atoms with E-state index < -0.39 is 0 Å². The third kappa shape index (κ3) is 2.93. The predicted octanol–water partition coefficient (Wildman–Crippen LogP) is 6.34. The summed E-state index contributed by atoms with van der Waals surface area (Å²) >= 11 is 3.79. The third-order valence-corrected chi connectivity index (χ3v) is 6.91. The summed E-state index contributed by atoms with van der Waals surface area (Å²) in [6.07, 6.45) is 5.83. The van der Waals surface area contributed by atoms with E-state index in [1.54, 1.807) is 0 Å². The molecule has 0 saturated heterocycles. The fraction of sp³-hybridized carbons (Fsp3) is 0.417. The largest absolute Gasteiger partial charge is 0.486 e. The molecule has 146 valence electrons. The minimum absolute atomic E-state index is 0.155. The maximum absolute atomic E-state index is 5.85. The molecule has 1 N–H and O–H groups in total. The molecule has 0 saturated carbocycles. The molecule has 3 unspecified atom stereocenters. The lowest BCUT2D eigenvalue weighted by molar-refractivity contribution is 0.171. The van der Waals surface area contributed by atoms with Crippen molar-refractivity contribution in [2.75, 3.05) is 18.5 Å². The number of nitrogens with one attached hydrogen (secondary N) is 1. The first-order valence-corrected chi connectivity index (χ1v) is 10.9. The summed E-state index contributed by atoms with van der Waals surface area (Å²) in [5, 5.41) is 3.84. The fourth-order valence-corrected chi connectivity index (χ4v) is 5.26. The van der Waals surface area contributed by atoms with Crippen molar-refractivity contribution in [3.63, 3.8) is 0 Å². The van der Waals surface area contributed by atoms with Crippen LogP contribution in [-0.2, 0) is 5.41 Å². The van der Waals surface area contributed by atoms with Crippen LogP contribution >= 0.6 is 15.9 Å². The van der Waals surface area contributed by atoms with Crippen LogP contribution in [-0.4, -0.2) is 13.2 Å². The molecule has 0 aromatic heterocycles. The van der Waals surface area contributed by atoms with Crippen LogP contribution in [0.15, 0.2) is 47.0 Å². The first kappa shape index (κ1) is 18.1. The van der Waals surface area contributed by atoms with Gasteiger partial charge in [-0.15, -0.1) is 0 Å². The first-order valence-electron chi connectivity index (χ1n) is 10.1. The van der Waals surface area contributed by atoms with Crippen molar-refractivity contribution in [2.24, 2.45) is 5.92 Å². The molecule has 28 heavy (non-hydrogen) atoms. The molecule has 0 fully saturated rings. The quantitative estimate of drug-likeness (QED) is 0.525. The van der Waals surface area contributed by atoms with Crippen molar-refractivity contribution in [3.8, 4) is 11.5 Å². The minimum atomic E-state index is 0.155. The number of ether oxygens (including phenoxy) is 2. The Labute approximate surface area is 175 Å². The summed E-state index contributed by atoms with van der Waals surface area (Å²) in [7, 11) is 0. The summed E-state index contributed by atoms with van der Waals surface area (Å²) < 4.78 is 12.7. The van der Waals surface area contributed by atoms with E-state index in [9.17, 15) is 0 Å². The molecule has 1 aliphatic carbocycles. The lowest BCUT2D eigenvalue weighted by Gasteiger charge is -2.39. The fourth-order valence-electron chi connectivity index (χ4n) is 4.69. The summed E-state index contributed by atoms with van der Waals surface area (Å²) in [5.74, 6) is 2.63. The standard InChI is InChI=1S/C24H26BrNO2/c1-24(2,3)14-7-8-20-17(11-14)15-5-4-6-16(15)23(26-20)18-12-21-22(13-19(18)25)28-10-9-27-21/h4-5,7-8,11-13,15-16,23,26H,6,9-10H2,1-3H3. The van der Waals surface area contributed by atoms with Gasteiger partial charge in [0.1, 0.15) is 13.2 Å². The maximum atomic E-state index is 5.85. The lowest BCUT2D eigenvalue weighted by Crippen LogP contribution is -2.30. The topological polar surface area (TPSA) is 30.5 Å². The number of rotatable bonds is 1. The van der Waals surface area contributed by atoms with Crippen molar-refractivity contribution in [2.45, 2.75) is 44.6 Å². The van der Waals surface area contributed by atoms with Gasteiger partial charge >= 0.3 is 0 Å². The van der Waals surface area contributed by atoms with E-state index in [4.69, 9.17) is 9.47 Å². The van der Waals surface area contributed by atoms with Crippen molar-refractivity contribution in [1.82, 2.24) is 0 Å². The zero-order chi connectivity index (χ0) is 19.5. The van der Waals surface area contributed by atoms with Gasteiger partial charge in [0.2, 0.25) is 0 Å². The molecule has 2 aromatic carbocycles. The second-order valence-corrected chi connectivity index (χ2v) is 9.90. The highest BCUT2D eigenvalue weighted by Gasteiger charge is 2.39. The Hall–Kier alpha value is -1.94. The zero-order valence-electron chi connectivity index (χ0n) is 16.6. The van der Waals surface area contributed by atoms with E-state index >= 15 is 0 Å². The molecule has 0 amide bonds. The average molecular weight is 440 g/mol. The van der Waals surface area contributed by atoms with Crippen molar-refractivity contribution >= 4 is 21.6 Å². The Kier molecular flexibility index (Phi) is 4.24.